The number of nitrogens with one attached hydrogen (secondary N) is 2. The van der Waals surface area contributed by atoms with Gasteiger partial charge in [-0.05, 0) is 44.4 Å². The van der Waals surface area contributed by atoms with Gasteiger partial charge in [0.25, 0.3) is 0 Å². The summed E-state index contributed by atoms with van der Waals surface area (Å²) in [5, 5.41) is 16.2. The summed E-state index contributed by atoms with van der Waals surface area (Å²) in [5.74, 6) is 0.495. The zero-order valence-electron chi connectivity index (χ0n) is 15.0. The average Bonchev–Trinajstić information content (AvgIpc) is 3.31. The zero-order valence-corrected chi connectivity index (χ0v) is 15.0. The minimum Gasteiger partial charge on any atom is -0.353 e. The van der Waals surface area contributed by atoms with Crippen molar-refractivity contribution in [1.29, 1.82) is 0 Å². The van der Waals surface area contributed by atoms with Gasteiger partial charge in [0.2, 0.25) is 0 Å². The van der Waals surface area contributed by atoms with Crippen LogP contribution in [0.4, 0.5) is 0 Å². The Morgan fingerprint density at radius 3 is 2.42 bits per heavy atom. The Kier molecular flexibility index (Phi) is 6.26. The lowest BCUT2D eigenvalue weighted by Gasteiger charge is -2.29. The van der Waals surface area contributed by atoms with Crippen molar-refractivity contribution in [2.75, 3.05) is 26.6 Å². The van der Waals surface area contributed by atoms with Crippen molar-refractivity contribution in [2.45, 2.75) is 68.8 Å². The van der Waals surface area contributed by atoms with E-state index in [2.05, 4.69) is 31.5 Å². The van der Waals surface area contributed by atoms with Gasteiger partial charge in [-0.15, -0.1) is 0 Å². The van der Waals surface area contributed by atoms with Gasteiger partial charge in [-0.2, -0.15) is 10.2 Å². The summed E-state index contributed by atoms with van der Waals surface area (Å²) in [5.41, 5.74) is 6.11. The molecular formula is C16H28N6O4. The number of ether oxygens (including phenoxy) is 2. The molecule has 6 atom stereocenters. The van der Waals surface area contributed by atoms with Crippen LogP contribution < -0.4 is 10.9 Å². The highest BCUT2D eigenvalue weighted by Crippen LogP contribution is 2.29. The maximum atomic E-state index is 5.77. The van der Waals surface area contributed by atoms with Crippen LogP contribution in [-0.4, -0.2) is 56.9 Å². The number of hydrogen-bond donors (Lipinski definition) is 2. The molecule has 6 unspecified atom stereocenters. The molecule has 2 N–H and O–H groups in total. The summed E-state index contributed by atoms with van der Waals surface area (Å²) >= 11 is 0. The summed E-state index contributed by atoms with van der Waals surface area (Å²) < 4.78 is 11.2. The minimum atomic E-state index is 0.210. The minimum absolute atomic E-state index is 0.210. The fourth-order valence-electron chi connectivity index (χ4n) is 4.08. The van der Waals surface area contributed by atoms with E-state index in [1.807, 2.05) is 0 Å². The van der Waals surface area contributed by atoms with E-state index in [4.69, 9.17) is 19.2 Å². The molecule has 2 fully saturated rings. The van der Waals surface area contributed by atoms with Crippen LogP contribution in [0.2, 0.25) is 0 Å². The lowest BCUT2D eigenvalue weighted by Crippen LogP contribution is -2.40. The third kappa shape index (κ3) is 4.67. The molecule has 0 aromatic carbocycles. The number of hydrogen-bond acceptors (Lipinski definition) is 10. The SMILES string of the molecule is C(COOCC1CCC2N=NNC2C1)OCOC1CCC2N=NNC2C1. The Balaban J connectivity index is 0.975. The van der Waals surface area contributed by atoms with Crippen LogP contribution in [-0.2, 0) is 19.2 Å². The Morgan fingerprint density at radius 2 is 1.58 bits per heavy atom. The van der Waals surface area contributed by atoms with E-state index in [0.29, 0.717) is 49.9 Å². The van der Waals surface area contributed by atoms with Crippen molar-refractivity contribution in [3.05, 3.63) is 0 Å². The van der Waals surface area contributed by atoms with E-state index in [-0.39, 0.29) is 12.9 Å². The van der Waals surface area contributed by atoms with E-state index >= 15 is 0 Å². The van der Waals surface area contributed by atoms with Gasteiger partial charge >= 0.3 is 0 Å². The molecule has 0 bridgehead atoms. The highest BCUT2D eigenvalue weighted by molar-refractivity contribution is 4.91. The second-order valence-electron chi connectivity index (χ2n) is 7.45. The highest BCUT2D eigenvalue weighted by atomic mass is 17.2. The van der Waals surface area contributed by atoms with Gasteiger partial charge in [0, 0.05) is 0 Å². The summed E-state index contributed by atoms with van der Waals surface area (Å²) in [6.07, 6.45) is 6.36. The van der Waals surface area contributed by atoms with Crippen LogP contribution in [0.1, 0.15) is 38.5 Å². The Labute approximate surface area is 153 Å². The van der Waals surface area contributed by atoms with Gasteiger partial charge in [-0.1, -0.05) is 10.4 Å². The Bertz CT molecular complexity index is 463. The van der Waals surface area contributed by atoms with Crippen LogP contribution >= 0.6 is 0 Å². The summed E-state index contributed by atoms with van der Waals surface area (Å²) in [6, 6.07) is 1.37. The van der Waals surface area contributed by atoms with Crippen LogP contribution in [0.5, 0.6) is 0 Å². The van der Waals surface area contributed by atoms with E-state index < -0.39 is 0 Å². The van der Waals surface area contributed by atoms with Crippen molar-refractivity contribution in [2.24, 2.45) is 26.6 Å². The number of fused-ring (bicyclic) bond motifs is 2. The molecule has 0 radical (unpaired) electrons. The van der Waals surface area contributed by atoms with Gasteiger partial charge in [0.1, 0.15) is 13.4 Å². The number of nitrogens with zero attached hydrogens (tertiary/aromatic N) is 4. The summed E-state index contributed by atoms with van der Waals surface area (Å²) in [7, 11) is 0. The molecule has 0 aromatic rings. The molecule has 2 heterocycles. The lowest BCUT2D eigenvalue weighted by molar-refractivity contribution is -0.308. The number of rotatable bonds is 9. The zero-order chi connectivity index (χ0) is 17.6. The van der Waals surface area contributed by atoms with Gasteiger partial charge in [-0.25, -0.2) is 9.78 Å². The standard InChI is InChI=1S/C16H28N6O4/c1-3-13-15(19-21-17-13)7-11(1)9-26-25-6-5-23-10-24-12-2-4-14-16(8-12)20-22-18-14/h11-16H,1-10H2,(H,17,19)(H,18,20). The molecule has 2 aliphatic carbocycles. The molecule has 0 saturated heterocycles. The van der Waals surface area contributed by atoms with E-state index in [9.17, 15) is 0 Å². The van der Waals surface area contributed by atoms with Crippen molar-refractivity contribution in [3.63, 3.8) is 0 Å². The predicted molar refractivity (Wildman–Crippen MR) is 89.9 cm³/mol. The molecule has 2 saturated carbocycles. The van der Waals surface area contributed by atoms with E-state index in [0.717, 1.165) is 38.5 Å². The molecule has 4 aliphatic rings. The molecule has 26 heavy (non-hydrogen) atoms. The normalized spacial score (nSPS) is 37.8. The van der Waals surface area contributed by atoms with Crippen molar-refractivity contribution < 1.29 is 19.2 Å². The van der Waals surface area contributed by atoms with Crippen LogP contribution in [0.15, 0.2) is 20.7 Å². The second-order valence-corrected chi connectivity index (χ2v) is 7.45. The van der Waals surface area contributed by atoms with Crippen molar-refractivity contribution in [3.8, 4) is 0 Å². The lowest BCUT2D eigenvalue weighted by atomic mass is 9.84. The summed E-state index contributed by atoms with van der Waals surface area (Å²) in [4.78, 5) is 10.5. The van der Waals surface area contributed by atoms with Crippen LogP contribution in [0, 0.1) is 5.92 Å². The first-order valence-corrected chi connectivity index (χ1v) is 9.63. The van der Waals surface area contributed by atoms with Crippen LogP contribution in [0.3, 0.4) is 0 Å². The van der Waals surface area contributed by atoms with Gasteiger partial charge in [0.05, 0.1) is 43.5 Å². The molecular weight excluding hydrogens is 340 g/mol. The smallest absolute Gasteiger partial charge is 0.147 e. The third-order valence-corrected chi connectivity index (χ3v) is 5.63. The van der Waals surface area contributed by atoms with E-state index in [1.54, 1.807) is 0 Å². The molecule has 0 amide bonds. The molecule has 0 aromatic heterocycles. The van der Waals surface area contributed by atoms with Crippen molar-refractivity contribution >= 4 is 0 Å². The largest absolute Gasteiger partial charge is 0.353 e. The molecule has 10 heteroatoms. The maximum absolute atomic E-state index is 5.77. The third-order valence-electron chi connectivity index (χ3n) is 5.63. The quantitative estimate of drug-likeness (QED) is 0.277. The fraction of sp³-hybridized carbons (Fsp3) is 1.00. The second kappa shape index (κ2) is 9.03. The average molecular weight is 368 g/mol. The Morgan fingerprint density at radius 1 is 0.808 bits per heavy atom. The maximum Gasteiger partial charge on any atom is 0.147 e. The molecule has 0 spiro atoms. The van der Waals surface area contributed by atoms with E-state index in [1.165, 1.54) is 0 Å². The first-order valence-electron chi connectivity index (χ1n) is 9.63. The highest BCUT2D eigenvalue weighted by Gasteiger charge is 2.34. The molecule has 146 valence electrons. The first-order chi connectivity index (χ1) is 12.9. The Hall–Kier alpha value is -1.36. The predicted octanol–water partition coefficient (Wildman–Crippen LogP) is 1.69. The van der Waals surface area contributed by atoms with Gasteiger partial charge in [0.15, 0.2) is 0 Å². The van der Waals surface area contributed by atoms with Gasteiger partial charge < -0.3 is 9.47 Å². The molecule has 10 nitrogen and oxygen atoms in total. The van der Waals surface area contributed by atoms with Crippen molar-refractivity contribution in [1.82, 2.24) is 10.9 Å². The van der Waals surface area contributed by atoms with Gasteiger partial charge in [-0.3, -0.25) is 10.9 Å². The summed E-state index contributed by atoms with van der Waals surface area (Å²) in [6.45, 7) is 1.75. The first kappa shape index (κ1) is 18.0. The van der Waals surface area contributed by atoms with Crippen LogP contribution in [0.25, 0.3) is 0 Å². The monoisotopic (exact) mass is 368 g/mol. The molecule has 4 rings (SSSR count). The molecule has 2 aliphatic heterocycles. The topological polar surface area (TPSA) is 110 Å². The fourth-order valence-corrected chi connectivity index (χ4v) is 4.08.